The van der Waals surface area contributed by atoms with Gasteiger partial charge in [-0.25, -0.2) is 4.79 Å². The molecule has 0 bridgehead atoms. The van der Waals surface area contributed by atoms with Gasteiger partial charge in [0.25, 0.3) is 0 Å². The van der Waals surface area contributed by atoms with Crippen molar-refractivity contribution in [2.75, 3.05) is 6.61 Å². The Labute approximate surface area is 110 Å². The summed E-state index contributed by atoms with van der Waals surface area (Å²) in [6.07, 6.45) is 0. The third-order valence-corrected chi connectivity index (χ3v) is 3.11. The molecule has 2 aromatic rings. The van der Waals surface area contributed by atoms with Crippen molar-refractivity contribution in [1.82, 2.24) is 0 Å². The van der Waals surface area contributed by atoms with Crippen LogP contribution in [0.3, 0.4) is 0 Å². The Kier molecular flexibility index (Phi) is 2.80. The Bertz CT molecular complexity index is 657. The van der Waals surface area contributed by atoms with Crippen LogP contribution in [0.1, 0.15) is 11.1 Å². The number of hydrogen-bond donors (Lipinski definition) is 1. The van der Waals surface area contributed by atoms with Crippen LogP contribution in [-0.2, 0) is 9.53 Å². The number of esters is 1. The molecule has 1 N–H and O–H groups in total. The quantitative estimate of drug-likeness (QED) is 0.836. The molecule has 3 heteroatoms. The van der Waals surface area contributed by atoms with E-state index in [0.717, 1.165) is 11.1 Å². The summed E-state index contributed by atoms with van der Waals surface area (Å²) < 4.78 is 5.13. The Morgan fingerprint density at radius 2 is 1.68 bits per heavy atom. The van der Waals surface area contributed by atoms with Gasteiger partial charge in [0.1, 0.15) is 12.4 Å². The average Bonchev–Trinajstić information content (AvgIpc) is 2.82. The second-order valence-electron chi connectivity index (χ2n) is 4.35. The minimum Gasteiger partial charge on any atom is -0.508 e. The van der Waals surface area contributed by atoms with Gasteiger partial charge in [0.05, 0.1) is 5.57 Å². The van der Waals surface area contributed by atoms with Crippen molar-refractivity contribution in [3.05, 3.63) is 65.7 Å². The number of carbonyl (C=O) groups is 1. The standard InChI is InChI=1S/C16H12O3/c17-13-8-4-7-12(9-13)15-14(10-19-16(15)18)11-5-2-1-3-6-11/h1-9,17H,10H2. The lowest BCUT2D eigenvalue weighted by Gasteiger charge is -2.04. The van der Waals surface area contributed by atoms with Crippen LogP contribution in [0.4, 0.5) is 0 Å². The van der Waals surface area contributed by atoms with Crippen molar-refractivity contribution in [1.29, 1.82) is 0 Å². The van der Waals surface area contributed by atoms with Crippen molar-refractivity contribution < 1.29 is 14.6 Å². The van der Waals surface area contributed by atoms with Gasteiger partial charge in [-0.15, -0.1) is 0 Å². The summed E-state index contributed by atoms with van der Waals surface area (Å²) in [6, 6.07) is 16.3. The van der Waals surface area contributed by atoms with Crippen LogP contribution in [-0.4, -0.2) is 17.7 Å². The third kappa shape index (κ3) is 2.10. The second-order valence-corrected chi connectivity index (χ2v) is 4.35. The van der Waals surface area contributed by atoms with Crippen LogP contribution < -0.4 is 0 Å². The molecular formula is C16H12O3. The zero-order valence-corrected chi connectivity index (χ0v) is 10.2. The molecule has 0 spiro atoms. The number of carbonyl (C=O) groups excluding carboxylic acids is 1. The lowest BCUT2D eigenvalue weighted by atomic mass is 9.97. The molecule has 2 aromatic carbocycles. The van der Waals surface area contributed by atoms with Crippen LogP contribution in [0, 0.1) is 0 Å². The number of rotatable bonds is 2. The molecule has 0 amide bonds. The number of phenols is 1. The molecule has 0 unspecified atom stereocenters. The summed E-state index contributed by atoms with van der Waals surface area (Å²) in [5, 5.41) is 9.54. The summed E-state index contributed by atoms with van der Waals surface area (Å²) in [5.41, 5.74) is 3.03. The third-order valence-electron chi connectivity index (χ3n) is 3.11. The molecule has 0 fully saturated rings. The molecule has 0 aliphatic carbocycles. The topological polar surface area (TPSA) is 46.5 Å². The highest BCUT2D eigenvalue weighted by Gasteiger charge is 2.27. The van der Waals surface area contributed by atoms with Gasteiger partial charge < -0.3 is 9.84 Å². The maximum Gasteiger partial charge on any atom is 0.339 e. The lowest BCUT2D eigenvalue weighted by Crippen LogP contribution is -1.98. The minimum absolute atomic E-state index is 0.136. The van der Waals surface area contributed by atoms with Crippen LogP contribution in [0.5, 0.6) is 5.75 Å². The molecule has 0 saturated heterocycles. The summed E-state index contributed by atoms with van der Waals surface area (Å²) in [4.78, 5) is 11.9. The van der Waals surface area contributed by atoms with Crippen molar-refractivity contribution >= 4 is 17.1 Å². The van der Waals surface area contributed by atoms with Gasteiger partial charge in [0, 0.05) is 5.57 Å². The number of cyclic esters (lactones) is 1. The summed E-state index contributed by atoms with van der Waals surface area (Å²) >= 11 is 0. The normalized spacial score (nSPS) is 14.6. The van der Waals surface area contributed by atoms with E-state index in [1.54, 1.807) is 24.3 Å². The molecule has 1 aliphatic heterocycles. The molecule has 0 radical (unpaired) electrons. The van der Waals surface area contributed by atoms with Gasteiger partial charge in [-0.05, 0) is 23.3 Å². The number of aromatic hydroxyl groups is 1. The molecule has 3 rings (SSSR count). The highest BCUT2D eigenvalue weighted by molar-refractivity contribution is 6.27. The van der Waals surface area contributed by atoms with Gasteiger partial charge >= 0.3 is 5.97 Å². The fraction of sp³-hybridized carbons (Fsp3) is 0.0625. The van der Waals surface area contributed by atoms with Crippen molar-refractivity contribution in [3.8, 4) is 5.75 Å². The Morgan fingerprint density at radius 1 is 0.947 bits per heavy atom. The maximum absolute atomic E-state index is 11.9. The number of phenolic OH excluding ortho intramolecular Hbond substituents is 1. The van der Waals surface area contributed by atoms with E-state index in [0.29, 0.717) is 11.1 Å². The van der Waals surface area contributed by atoms with E-state index in [4.69, 9.17) is 4.74 Å². The monoisotopic (exact) mass is 252 g/mol. The molecule has 0 atom stereocenters. The average molecular weight is 252 g/mol. The van der Waals surface area contributed by atoms with Gasteiger partial charge in [0.2, 0.25) is 0 Å². The highest BCUT2D eigenvalue weighted by Crippen LogP contribution is 2.33. The number of ether oxygens (including phenoxy) is 1. The molecular weight excluding hydrogens is 240 g/mol. The van der Waals surface area contributed by atoms with E-state index < -0.39 is 0 Å². The van der Waals surface area contributed by atoms with E-state index in [-0.39, 0.29) is 18.3 Å². The summed E-state index contributed by atoms with van der Waals surface area (Å²) in [6.45, 7) is 0.272. The number of benzene rings is 2. The van der Waals surface area contributed by atoms with E-state index in [1.165, 1.54) is 0 Å². The molecule has 0 saturated carbocycles. The molecule has 3 nitrogen and oxygen atoms in total. The summed E-state index contributed by atoms with van der Waals surface area (Å²) in [5.74, 6) is -0.207. The zero-order chi connectivity index (χ0) is 13.2. The van der Waals surface area contributed by atoms with Crippen LogP contribution in [0.25, 0.3) is 11.1 Å². The largest absolute Gasteiger partial charge is 0.508 e. The number of hydrogen-bond acceptors (Lipinski definition) is 3. The SMILES string of the molecule is O=C1OCC(c2ccccc2)=C1c1cccc(O)c1. The predicted octanol–water partition coefficient (Wildman–Crippen LogP) is 2.86. The van der Waals surface area contributed by atoms with E-state index in [2.05, 4.69) is 0 Å². The zero-order valence-electron chi connectivity index (χ0n) is 10.2. The smallest absolute Gasteiger partial charge is 0.339 e. The molecule has 1 heterocycles. The van der Waals surface area contributed by atoms with Crippen LogP contribution >= 0.6 is 0 Å². The van der Waals surface area contributed by atoms with E-state index >= 15 is 0 Å². The Morgan fingerprint density at radius 3 is 2.42 bits per heavy atom. The first-order valence-corrected chi connectivity index (χ1v) is 6.01. The maximum atomic E-state index is 11.9. The molecule has 19 heavy (non-hydrogen) atoms. The van der Waals surface area contributed by atoms with Crippen LogP contribution in [0.15, 0.2) is 54.6 Å². The predicted molar refractivity (Wildman–Crippen MR) is 72.3 cm³/mol. The van der Waals surface area contributed by atoms with Crippen molar-refractivity contribution in [3.63, 3.8) is 0 Å². The van der Waals surface area contributed by atoms with Crippen molar-refractivity contribution in [2.45, 2.75) is 0 Å². The van der Waals surface area contributed by atoms with Gasteiger partial charge in [-0.3, -0.25) is 0 Å². The lowest BCUT2D eigenvalue weighted by molar-refractivity contribution is -0.133. The fourth-order valence-electron chi connectivity index (χ4n) is 2.23. The molecule has 94 valence electrons. The van der Waals surface area contributed by atoms with E-state index in [1.807, 2.05) is 30.3 Å². The van der Waals surface area contributed by atoms with Gasteiger partial charge in [-0.2, -0.15) is 0 Å². The first-order chi connectivity index (χ1) is 9.25. The molecule has 0 aromatic heterocycles. The van der Waals surface area contributed by atoms with Gasteiger partial charge in [-0.1, -0.05) is 42.5 Å². The Balaban J connectivity index is 2.17. The summed E-state index contributed by atoms with van der Waals surface area (Å²) in [7, 11) is 0. The molecule has 1 aliphatic rings. The Hall–Kier alpha value is -2.55. The van der Waals surface area contributed by atoms with E-state index in [9.17, 15) is 9.90 Å². The minimum atomic E-state index is -0.343. The van der Waals surface area contributed by atoms with Crippen LogP contribution in [0.2, 0.25) is 0 Å². The van der Waals surface area contributed by atoms with Crippen molar-refractivity contribution in [2.24, 2.45) is 0 Å². The highest BCUT2D eigenvalue weighted by atomic mass is 16.5. The second kappa shape index (κ2) is 4.61. The first-order valence-electron chi connectivity index (χ1n) is 6.01. The fourth-order valence-corrected chi connectivity index (χ4v) is 2.23. The van der Waals surface area contributed by atoms with Gasteiger partial charge in [0.15, 0.2) is 0 Å². The first kappa shape index (κ1) is 11.5.